The smallest absolute Gasteiger partial charge is 0.250 e. The summed E-state index contributed by atoms with van der Waals surface area (Å²) in [7, 11) is 0. The number of anilines is 2. The summed E-state index contributed by atoms with van der Waals surface area (Å²) in [6.07, 6.45) is 0. The van der Waals surface area contributed by atoms with E-state index in [0.29, 0.717) is 23.5 Å². The van der Waals surface area contributed by atoms with Gasteiger partial charge in [-0.15, -0.1) is 0 Å². The highest BCUT2D eigenvalue weighted by atomic mass is 16.1. The van der Waals surface area contributed by atoms with Crippen LogP contribution in [0.1, 0.15) is 17.3 Å². The van der Waals surface area contributed by atoms with Crippen LogP contribution in [0.15, 0.2) is 30.4 Å². The van der Waals surface area contributed by atoms with Gasteiger partial charge in [0.1, 0.15) is 0 Å². The molecule has 0 saturated heterocycles. The van der Waals surface area contributed by atoms with Crippen LogP contribution in [0.4, 0.5) is 11.4 Å². The van der Waals surface area contributed by atoms with Gasteiger partial charge >= 0.3 is 0 Å². The fraction of sp³-hybridized carbons (Fsp3) is 0.182. The average Bonchev–Trinajstić information content (AvgIpc) is 2.14. The Morgan fingerprint density at radius 2 is 2.20 bits per heavy atom. The number of carbonyl (C=O) groups is 1. The van der Waals surface area contributed by atoms with Gasteiger partial charge in [-0.3, -0.25) is 4.79 Å². The maximum Gasteiger partial charge on any atom is 0.250 e. The second-order valence-corrected chi connectivity index (χ2v) is 3.48. The molecule has 0 fully saturated rings. The molecule has 5 N–H and O–H groups in total. The van der Waals surface area contributed by atoms with Crippen molar-refractivity contribution in [1.29, 1.82) is 0 Å². The van der Waals surface area contributed by atoms with Crippen LogP contribution in [0.25, 0.3) is 0 Å². The number of nitrogen functional groups attached to an aromatic ring is 1. The van der Waals surface area contributed by atoms with Crippen molar-refractivity contribution in [2.75, 3.05) is 17.6 Å². The van der Waals surface area contributed by atoms with E-state index in [1.165, 1.54) is 0 Å². The zero-order valence-electron chi connectivity index (χ0n) is 8.71. The molecule has 80 valence electrons. The Labute approximate surface area is 89.0 Å². The summed E-state index contributed by atoms with van der Waals surface area (Å²) in [6, 6.07) is 4.94. The van der Waals surface area contributed by atoms with E-state index in [-0.39, 0.29) is 0 Å². The number of rotatable bonds is 4. The molecule has 0 aliphatic carbocycles. The van der Waals surface area contributed by atoms with Crippen LogP contribution in [0.2, 0.25) is 0 Å². The van der Waals surface area contributed by atoms with Gasteiger partial charge in [-0.25, -0.2) is 0 Å². The van der Waals surface area contributed by atoms with E-state index in [2.05, 4.69) is 11.9 Å². The Hall–Kier alpha value is -1.97. The first-order chi connectivity index (χ1) is 7.00. The molecule has 1 aromatic rings. The molecule has 0 bridgehead atoms. The number of nitrogens with one attached hydrogen (secondary N) is 1. The molecule has 0 radical (unpaired) electrons. The topological polar surface area (TPSA) is 81.1 Å². The maximum atomic E-state index is 11.1. The Kier molecular flexibility index (Phi) is 3.33. The summed E-state index contributed by atoms with van der Waals surface area (Å²) in [4.78, 5) is 11.1. The lowest BCUT2D eigenvalue weighted by atomic mass is 10.1. The molecule has 4 heteroatoms. The number of primary amides is 1. The number of carbonyl (C=O) groups excluding carboxylic acids is 1. The molecular weight excluding hydrogens is 190 g/mol. The van der Waals surface area contributed by atoms with E-state index >= 15 is 0 Å². The van der Waals surface area contributed by atoms with Crippen LogP contribution in [-0.2, 0) is 0 Å². The molecule has 0 atom stereocenters. The summed E-state index contributed by atoms with van der Waals surface area (Å²) in [6.45, 7) is 6.24. The quantitative estimate of drug-likeness (QED) is 0.512. The van der Waals surface area contributed by atoms with Gasteiger partial charge in [0.15, 0.2) is 0 Å². The predicted octanol–water partition coefficient (Wildman–Crippen LogP) is 1.36. The van der Waals surface area contributed by atoms with E-state index in [1.807, 2.05) is 6.92 Å². The zero-order valence-corrected chi connectivity index (χ0v) is 8.71. The van der Waals surface area contributed by atoms with E-state index in [0.717, 1.165) is 5.57 Å². The van der Waals surface area contributed by atoms with Crippen molar-refractivity contribution in [3.8, 4) is 0 Å². The molecule has 0 aromatic heterocycles. The highest BCUT2D eigenvalue weighted by molar-refractivity contribution is 5.99. The van der Waals surface area contributed by atoms with Crippen molar-refractivity contribution in [3.05, 3.63) is 35.9 Å². The standard InChI is InChI=1S/C11H15N3O/c1-7(2)6-14-10-5-8(12)3-4-9(10)11(13)15/h3-5,14H,1,6,12H2,2H3,(H2,13,15). The molecule has 0 spiro atoms. The van der Waals surface area contributed by atoms with Gasteiger partial charge in [0.25, 0.3) is 5.91 Å². The monoisotopic (exact) mass is 205 g/mol. The lowest BCUT2D eigenvalue weighted by molar-refractivity contribution is 0.100. The molecule has 0 aliphatic rings. The summed E-state index contributed by atoms with van der Waals surface area (Å²) < 4.78 is 0. The van der Waals surface area contributed by atoms with Crippen LogP contribution < -0.4 is 16.8 Å². The maximum absolute atomic E-state index is 11.1. The van der Waals surface area contributed by atoms with Crippen LogP contribution >= 0.6 is 0 Å². The molecule has 0 aliphatic heterocycles. The van der Waals surface area contributed by atoms with Gasteiger partial charge in [0.05, 0.1) is 5.56 Å². The normalized spacial score (nSPS) is 9.67. The van der Waals surface area contributed by atoms with Gasteiger partial charge in [0.2, 0.25) is 0 Å². The molecule has 0 heterocycles. The van der Waals surface area contributed by atoms with Gasteiger partial charge in [-0.1, -0.05) is 12.2 Å². The summed E-state index contributed by atoms with van der Waals surface area (Å²) in [5.41, 5.74) is 13.5. The van der Waals surface area contributed by atoms with Crippen molar-refractivity contribution < 1.29 is 4.79 Å². The van der Waals surface area contributed by atoms with Crippen molar-refractivity contribution in [1.82, 2.24) is 0 Å². The third-order valence-corrected chi connectivity index (χ3v) is 1.89. The fourth-order valence-electron chi connectivity index (χ4n) is 1.17. The van der Waals surface area contributed by atoms with Crippen molar-refractivity contribution in [3.63, 3.8) is 0 Å². The van der Waals surface area contributed by atoms with Crippen LogP contribution in [0.5, 0.6) is 0 Å². The van der Waals surface area contributed by atoms with Crippen LogP contribution in [0, 0.1) is 0 Å². The second kappa shape index (κ2) is 4.50. The third-order valence-electron chi connectivity index (χ3n) is 1.89. The summed E-state index contributed by atoms with van der Waals surface area (Å²) in [5.74, 6) is -0.473. The van der Waals surface area contributed by atoms with E-state index < -0.39 is 5.91 Å². The average molecular weight is 205 g/mol. The molecule has 0 unspecified atom stereocenters. The van der Waals surface area contributed by atoms with Crippen molar-refractivity contribution >= 4 is 17.3 Å². The largest absolute Gasteiger partial charge is 0.399 e. The number of hydrogen-bond acceptors (Lipinski definition) is 3. The molecule has 1 amide bonds. The minimum atomic E-state index is -0.473. The van der Waals surface area contributed by atoms with Gasteiger partial charge in [-0.05, 0) is 25.1 Å². The van der Waals surface area contributed by atoms with Gasteiger partial charge in [-0.2, -0.15) is 0 Å². The fourth-order valence-corrected chi connectivity index (χ4v) is 1.17. The first-order valence-corrected chi connectivity index (χ1v) is 4.58. The molecule has 4 nitrogen and oxygen atoms in total. The Balaban J connectivity index is 2.96. The molecule has 1 aromatic carbocycles. The van der Waals surface area contributed by atoms with Crippen LogP contribution in [0.3, 0.4) is 0 Å². The van der Waals surface area contributed by atoms with Crippen molar-refractivity contribution in [2.24, 2.45) is 5.73 Å². The minimum Gasteiger partial charge on any atom is -0.399 e. The van der Waals surface area contributed by atoms with E-state index in [9.17, 15) is 4.79 Å². The summed E-state index contributed by atoms with van der Waals surface area (Å²) in [5, 5.41) is 3.05. The lowest BCUT2D eigenvalue weighted by Gasteiger charge is -2.10. The van der Waals surface area contributed by atoms with E-state index in [4.69, 9.17) is 11.5 Å². The predicted molar refractivity (Wildman–Crippen MR) is 62.7 cm³/mol. The Morgan fingerprint density at radius 1 is 1.53 bits per heavy atom. The number of hydrogen-bond donors (Lipinski definition) is 3. The molecular formula is C11H15N3O. The first kappa shape index (κ1) is 11.1. The Morgan fingerprint density at radius 3 is 2.73 bits per heavy atom. The number of benzene rings is 1. The molecule has 1 rings (SSSR count). The molecule has 15 heavy (non-hydrogen) atoms. The SMILES string of the molecule is C=C(C)CNc1cc(N)ccc1C(N)=O. The highest BCUT2D eigenvalue weighted by Gasteiger charge is 2.07. The van der Waals surface area contributed by atoms with E-state index in [1.54, 1.807) is 18.2 Å². The Bertz CT molecular complexity index is 399. The highest BCUT2D eigenvalue weighted by Crippen LogP contribution is 2.18. The van der Waals surface area contributed by atoms with Gasteiger partial charge in [0, 0.05) is 17.9 Å². The number of nitrogens with two attached hydrogens (primary N) is 2. The lowest BCUT2D eigenvalue weighted by Crippen LogP contribution is -2.15. The van der Waals surface area contributed by atoms with Gasteiger partial charge < -0.3 is 16.8 Å². The second-order valence-electron chi connectivity index (χ2n) is 3.48. The van der Waals surface area contributed by atoms with Crippen LogP contribution in [-0.4, -0.2) is 12.5 Å². The van der Waals surface area contributed by atoms with Crippen molar-refractivity contribution in [2.45, 2.75) is 6.92 Å². The number of amides is 1. The minimum absolute atomic E-state index is 0.436. The zero-order chi connectivity index (χ0) is 11.4. The molecule has 0 saturated carbocycles. The third kappa shape index (κ3) is 3.02. The first-order valence-electron chi connectivity index (χ1n) is 4.58. The summed E-state index contributed by atoms with van der Waals surface area (Å²) >= 11 is 0.